The summed E-state index contributed by atoms with van der Waals surface area (Å²) in [6, 6.07) is 15.3. The molecule has 0 atom stereocenters. The van der Waals surface area contributed by atoms with Gasteiger partial charge in [0.1, 0.15) is 0 Å². The first-order chi connectivity index (χ1) is 9.08. The van der Waals surface area contributed by atoms with Gasteiger partial charge >= 0.3 is 5.97 Å². The Morgan fingerprint density at radius 3 is 2.42 bits per heavy atom. The van der Waals surface area contributed by atoms with E-state index in [-0.39, 0.29) is 0 Å². The maximum atomic E-state index is 11.5. The number of benzene rings is 2. The lowest BCUT2D eigenvalue weighted by atomic mass is 9.98. The molecule has 0 radical (unpaired) electrons. The van der Waals surface area contributed by atoms with Crippen LogP contribution >= 0.6 is 0 Å². The van der Waals surface area contributed by atoms with E-state index in [1.807, 2.05) is 62.4 Å². The van der Waals surface area contributed by atoms with Gasteiger partial charge in [-0.25, -0.2) is 4.79 Å². The fourth-order valence-electron chi connectivity index (χ4n) is 2.06. The van der Waals surface area contributed by atoms with Crippen molar-refractivity contribution in [3.8, 4) is 0 Å². The molecule has 0 aliphatic carbocycles. The van der Waals surface area contributed by atoms with Crippen molar-refractivity contribution in [3.05, 3.63) is 70.8 Å². The largest absolute Gasteiger partial charge is 0.478 e. The average Bonchev–Trinajstić information content (AvgIpc) is 2.37. The Kier molecular flexibility index (Phi) is 3.81. The van der Waals surface area contributed by atoms with E-state index in [0.717, 1.165) is 22.3 Å². The summed E-state index contributed by atoms with van der Waals surface area (Å²) in [6.45, 7) is 3.91. The SMILES string of the molecule is Cc1cccc(/C=C(/C(=O)O)c2ccccc2C)c1. The van der Waals surface area contributed by atoms with Crippen LogP contribution in [0.4, 0.5) is 0 Å². The summed E-state index contributed by atoms with van der Waals surface area (Å²) in [4.78, 5) is 11.5. The second-order valence-electron chi connectivity index (χ2n) is 4.59. The van der Waals surface area contributed by atoms with Crippen LogP contribution < -0.4 is 0 Å². The van der Waals surface area contributed by atoms with Crippen LogP contribution in [0.5, 0.6) is 0 Å². The third-order valence-corrected chi connectivity index (χ3v) is 3.02. The standard InChI is InChI=1S/C17H16O2/c1-12-6-5-8-14(10-12)11-16(17(18)19)15-9-4-3-7-13(15)2/h3-11H,1-2H3,(H,18,19)/b16-11+. The van der Waals surface area contributed by atoms with Crippen molar-refractivity contribution in [2.45, 2.75) is 13.8 Å². The van der Waals surface area contributed by atoms with E-state index in [1.54, 1.807) is 6.08 Å². The predicted octanol–water partition coefficient (Wildman–Crippen LogP) is 3.93. The van der Waals surface area contributed by atoms with E-state index in [4.69, 9.17) is 0 Å². The summed E-state index contributed by atoms with van der Waals surface area (Å²) in [5.41, 5.74) is 4.06. The minimum absolute atomic E-state index is 0.323. The second kappa shape index (κ2) is 5.53. The highest BCUT2D eigenvalue weighted by Gasteiger charge is 2.12. The average molecular weight is 252 g/mol. The molecule has 0 aromatic heterocycles. The Labute approximate surface area is 113 Å². The summed E-state index contributed by atoms with van der Waals surface area (Å²) in [6.07, 6.45) is 1.72. The fraction of sp³-hybridized carbons (Fsp3) is 0.118. The van der Waals surface area contributed by atoms with Crippen LogP contribution in [0.2, 0.25) is 0 Å². The lowest BCUT2D eigenvalue weighted by Gasteiger charge is -2.07. The van der Waals surface area contributed by atoms with Crippen molar-refractivity contribution in [3.63, 3.8) is 0 Å². The molecule has 0 spiro atoms. The maximum absolute atomic E-state index is 11.5. The molecule has 2 aromatic carbocycles. The molecule has 0 aliphatic rings. The highest BCUT2D eigenvalue weighted by Crippen LogP contribution is 2.22. The molecule has 0 unspecified atom stereocenters. The van der Waals surface area contributed by atoms with Gasteiger partial charge in [0.2, 0.25) is 0 Å². The van der Waals surface area contributed by atoms with Gasteiger partial charge in [-0.2, -0.15) is 0 Å². The van der Waals surface area contributed by atoms with E-state index in [2.05, 4.69) is 0 Å². The van der Waals surface area contributed by atoms with Gasteiger partial charge in [-0.1, -0.05) is 54.1 Å². The number of aliphatic carboxylic acids is 1. The Hall–Kier alpha value is -2.35. The molecule has 0 aliphatic heterocycles. The molecule has 0 heterocycles. The molecule has 0 bridgehead atoms. The van der Waals surface area contributed by atoms with Crippen LogP contribution in [0, 0.1) is 13.8 Å². The third-order valence-electron chi connectivity index (χ3n) is 3.02. The van der Waals surface area contributed by atoms with Crippen LogP contribution in [0.15, 0.2) is 48.5 Å². The molecule has 2 heteroatoms. The van der Waals surface area contributed by atoms with Crippen LogP contribution in [0.1, 0.15) is 22.3 Å². The summed E-state index contributed by atoms with van der Waals surface area (Å²) in [5, 5.41) is 9.41. The predicted molar refractivity (Wildman–Crippen MR) is 77.9 cm³/mol. The maximum Gasteiger partial charge on any atom is 0.336 e. The van der Waals surface area contributed by atoms with E-state index in [0.29, 0.717) is 5.57 Å². The lowest BCUT2D eigenvalue weighted by Crippen LogP contribution is -2.01. The molecular weight excluding hydrogens is 236 g/mol. The molecule has 0 fully saturated rings. The van der Waals surface area contributed by atoms with Gasteiger partial charge in [-0.15, -0.1) is 0 Å². The molecule has 0 saturated heterocycles. The van der Waals surface area contributed by atoms with Gasteiger partial charge in [0.15, 0.2) is 0 Å². The van der Waals surface area contributed by atoms with Gasteiger partial charge in [0.05, 0.1) is 5.57 Å². The van der Waals surface area contributed by atoms with Crippen molar-refractivity contribution in [1.82, 2.24) is 0 Å². The minimum Gasteiger partial charge on any atom is -0.478 e. The molecular formula is C17H16O2. The Bertz CT molecular complexity index is 639. The Balaban J connectivity index is 2.53. The van der Waals surface area contributed by atoms with E-state index >= 15 is 0 Å². The summed E-state index contributed by atoms with van der Waals surface area (Å²) >= 11 is 0. The number of carboxylic acids is 1. The Morgan fingerprint density at radius 1 is 1.05 bits per heavy atom. The number of carbonyl (C=O) groups is 1. The van der Waals surface area contributed by atoms with E-state index < -0.39 is 5.97 Å². The van der Waals surface area contributed by atoms with E-state index in [9.17, 15) is 9.90 Å². The number of hydrogen-bond acceptors (Lipinski definition) is 1. The van der Waals surface area contributed by atoms with Crippen molar-refractivity contribution in [1.29, 1.82) is 0 Å². The zero-order valence-corrected chi connectivity index (χ0v) is 11.1. The molecule has 2 rings (SSSR count). The van der Waals surface area contributed by atoms with Crippen molar-refractivity contribution < 1.29 is 9.90 Å². The summed E-state index contributed by atoms with van der Waals surface area (Å²) < 4.78 is 0. The quantitative estimate of drug-likeness (QED) is 0.664. The third kappa shape index (κ3) is 3.10. The van der Waals surface area contributed by atoms with Crippen LogP contribution in [0.25, 0.3) is 11.6 Å². The van der Waals surface area contributed by atoms with E-state index in [1.165, 1.54) is 0 Å². The molecule has 2 nitrogen and oxygen atoms in total. The molecule has 96 valence electrons. The zero-order chi connectivity index (χ0) is 13.8. The first kappa shape index (κ1) is 13.1. The molecule has 2 aromatic rings. The van der Waals surface area contributed by atoms with Gasteiger partial charge in [-0.3, -0.25) is 0 Å². The topological polar surface area (TPSA) is 37.3 Å². The molecule has 19 heavy (non-hydrogen) atoms. The summed E-state index contributed by atoms with van der Waals surface area (Å²) in [7, 11) is 0. The smallest absolute Gasteiger partial charge is 0.336 e. The molecule has 0 saturated carbocycles. The normalized spacial score (nSPS) is 11.4. The van der Waals surface area contributed by atoms with Crippen LogP contribution in [-0.2, 0) is 4.79 Å². The first-order valence-electron chi connectivity index (χ1n) is 6.15. The summed E-state index contributed by atoms with van der Waals surface area (Å²) in [5.74, 6) is -0.907. The minimum atomic E-state index is -0.907. The number of rotatable bonds is 3. The Morgan fingerprint density at radius 2 is 1.79 bits per heavy atom. The molecule has 1 N–H and O–H groups in total. The number of carboxylic acid groups (broad SMARTS) is 1. The van der Waals surface area contributed by atoms with Crippen molar-refractivity contribution in [2.24, 2.45) is 0 Å². The van der Waals surface area contributed by atoms with Crippen LogP contribution in [-0.4, -0.2) is 11.1 Å². The lowest BCUT2D eigenvalue weighted by molar-refractivity contribution is -0.130. The highest BCUT2D eigenvalue weighted by atomic mass is 16.4. The highest BCUT2D eigenvalue weighted by molar-refractivity contribution is 6.21. The zero-order valence-electron chi connectivity index (χ0n) is 11.1. The fourth-order valence-corrected chi connectivity index (χ4v) is 2.06. The van der Waals surface area contributed by atoms with Gasteiger partial charge < -0.3 is 5.11 Å². The second-order valence-corrected chi connectivity index (χ2v) is 4.59. The van der Waals surface area contributed by atoms with Gasteiger partial charge in [0, 0.05) is 0 Å². The molecule has 0 amide bonds. The van der Waals surface area contributed by atoms with Gasteiger partial charge in [-0.05, 0) is 36.6 Å². The van der Waals surface area contributed by atoms with Crippen LogP contribution in [0.3, 0.4) is 0 Å². The van der Waals surface area contributed by atoms with Crippen molar-refractivity contribution >= 4 is 17.6 Å². The first-order valence-corrected chi connectivity index (χ1v) is 6.15. The van der Waals surface area contributed by atoms with Crippen molar-refractivity contribution in [2.75, 3.05) is 0 Å². The number of aryl methyl sites for hydroxylation is 2. The number of hydrogen-bond donors (Lipinski definition) is 1. The monoisotopic (exact) mass is 252 g/mol. The van der Waals surface area contributed by atoms with Gasteiger partial charge in [0.25, 0.3) is 0 Å².